The molecule has 3 nitrogen and oxygen atoms in total. The Hall–Kier alpha value is -1.30. The maximum absolute atomic E-state index is 12.4. The van der Waals surface area contributed by atoms with Gasteiger partial charge in [0.25, 0.3) is 0 Å². The monoisotopic (exact) mass is 386 g/mol. The summed E-state index contributed by atoms with van der Waals surface area (Å²) in [5, 5.41) is 5.30. The zero-order valence-electron chi connectivity index (χ0n) is 15.1. The van der Waals surface area contributed by atoms with Gasteiger partial charge in [-0.3, -0.25) is 9.69 Å². The van der Waals surface area contributed by atoms with E-state index in [1.54, 1.807) is 23.1 Å². The molecule has 2 aromatic rings. The summed E-state index contributed by atoms with van der Waals surface area (Å²) in [4.78, 5) is 17.5. The lowest BCUT2D eigenvalue weighted by Crippen LogP contribution is -2.37. The third-order valence-electron chi connectivity index (χ3n) is 5.39. The SMILES string of the molecule is O=C(CSc1ccc2c(c1)CCC2)NCC(c1cccs1)N1CCCC1. The van der Waals surface area contributed by atoms with E-state index in [-0.39, 0.29) is 5.91 Å². The smallest absolute Gasteiger partial charge is 0.230 e. The van der Waals surface area contributed by atoms with Crippen LogP contribution in [0.5, 0.6) is 0 Å². The Bertz CT molecular complexity index is 738. The van der Waals surface area contributed by atoms with E-state index < -0.39 is 0 Å². The van der Waals surface area contributed by atoms with Crippen LogP contribution < -0.4 is 5.32 Å². The Morgan fingerprint density at radius 1 is 1.15 bits per heavy atom. The molecule has 0 saturated carbocycles. The van der Waals surface area contributed by atoms with Gasteiger partial charge in [-0.05, 0) is 79.9 Å². The highest BCUT2D eigenvalue weighted by molar-refractivity contribution is 8.00. The van der Waals surface area contributed by atoms with Crippen molar-refractivity contribution in [3.05, 3.63) is 51.7 Å². The third-order valence-corrected chi connectivity index (χ3v) is 7.35. The number of hydrogen-bond acceptors (Lipinski definition) is 4. The van der Waals surface area contributed by atoms with Gasteiger partial charge in [-0.1, -0.05) is 12.1 Å². The molecule has 4 rings (SSSR count). The zero-order chi connectivity index (χ0) is 17.8. The average Bonchev–Trinajstić information content (AvgIpc) is 3.41. The van der Waals surface area contributed by atoms with Crippen LogP contribution in [0, 0.1) is 0 Å². The van der Waals surface area contributed by atoms with Crippen molar-refractivity contribution in [1.29, 1.82) is 0 Å². The number of fused-ring (bicyclic) bond motifs is 1. The molecule has 1 atom stereocenters. The van der Waals surface area contributed by atoms with Crippen molar-refractivity contribution < 1.29 is 4.79 Å². The summed E-state index contributed by atoms with van der Waals surface area (Å²) in [6.07, 6.45) is 6.20. The quantitative estimate of drug-likeness (QED) is 0.721. The van der Waals surface area contributed by atoms with Gasteiger partial charge >= 0.3 is 0 Å². The predicted octanol–water partition coefficient (Wildman–Crippen LogP) is 4.28. The van der Waals surface area contributed by atoms with E-state index in [1.807, 2.05) is 0 Å². The van der Waals surface area contributed by atoms with E-state index in [4.69, 9.17) is 0 Å². The molecule has 1 aliphatic heterocycles. The zero-order valence-corrected chi connectivity index (χ0v) is 16.7. The minimum atomic E-state index is 0.135. The van der Waals surface area contributed by atoms with E-state index in [1.165, 1.54) is 53.0 Å². The van der Waals surface area contributed by atoms with Gasteiger partial charge in [-0.25, -0.2) is 0 Å². The largest absolute Gasteiger partial charge is 0.353 e. The van der Waals surface area contributed by atoms with Crippen molar-refractivity contribution in [3.63, 3.8) is 0 Å². The van der Waals surface area contributed by atoms with Gasteiger partial charge in [-0.2, -0.15) is 0 Å². The van der Waals surface area contributed by atoms with Gasteiger partial charge in [0.05, 0.1) is 11.8 Å². The van der Waals surface area contributed by atoms with Gasteiger partial charge in [-0.15, -0.1) is 23.1 Å². The van der Waals surface area contributed by atoms with Gasteiger partial charge in [0.1, 0.15) is 0 Å². The summed E-state index contributed by atoms with van der Waals surface area (Å²) in [5.74, 6) is 0.631. The molecule has 0 radical (unpaired) electrons. The molecule has 2 aliphatic rings. The summed E-state index contributed by atoms with van der Waals surface area (Å²) in [7, 11) is 0. The molecule has 138 valence electrons. The Labute approximate surface area is 164 Å². The third kappa shape index (κ3) is 4.33. The number of rotatable bonds is 7. The number of nitrogens with one attached hydrogen (secondary N) is 1. The van der Waals surface area contributed by atoms with Crippen molar-refractivity contribution in [1.82, 2.24) is 10.2 Å². The van der Waals surface area contributed by atoms with Crippen LogP contribution in [0.2, 0.25) is 0 Å². The van der Waals surface area contributed by atoms with Crippen LogP contribution in [0.4, 0.5) is 0 Å². The average molecular weight is 387 g/mol. The molecule has 1 aliphatic carbocycles. The topological polar surface area (TPSA) is 32.3 Å². The first-order valence-corrected chi connectivity index (χ1v) is 11.4. The highest BCUT2D eigenvalue weighted by atomic mass is 32.2. The van der Waals surface area contributed by atoms with Crippen molar-refractivity contribution in [2.24, 2.45) is 0 Å². The van der Waals surface area contributed by atoms with E-state index in [0.29, 0.717) is 18.3 Å². The molecular formula is C21H26N2OS2. The molecule has 1 saturated heterocycles. The van der Waals surface area contributed by atoms with Crippen LogP contribution in [0.15, 0.2) is 40.6 Å². The molecule has 1 fully saturated rings. The normalized spacial score (nSPS) is 18.0. The molecule has 1 aromatic heterocycles. The molecular weight excluding hydrogens is 360 g/mol. The molecule has 5 heteroatoms. The summed E-state index contributed by atoms with van der Waals surface area (Å²) in [6, 6.07) is 11.3. The number of nitrogens with zero attached hydrogens (tertiary/aromatic N) is 1. The molecule has 1 N–H and O–H groups in total. The first-order chi connectivity index (χ1) is 12.8. The Kier molecular flexibility index (Phi) is 5.98. The molecule has 1 unspecified atom stereocenters. The lowest BCUT2D eigenvalue weighted by Gasteiger charge is -2.26. The highest BCUT2D eigenvalue weighted by Crippen LogP contribution is 2.29. The van der Waals surface area contributed by atoms with Crippen molar-refractivity contribution in [2.45, 2.75) is 43.0 Å². The minimum Gasteiger partial charge on any atom is -0.353 e. The molecule has 26 heavy (non-hydrogen) atoms. The Morgan fingerprint density at radius 2 is 2.00 bits per heavy atom. The van der Waals surface area contributed by atoms with Gasteiger partial charge in [0.15, 0.2) is 0 Å². The van der Waals surface area contributed by atoms with Crippen LogP contribution in [-0.2, 0) is 17.6 Å². The van der Waals surface area contributed by atoms with Crippen molar-refractivity contribution in [2.75, 3.05) is 25.4 Å². The minimum absolute atomic E-state index is 0.135. The standard InChI is InChI=1S/C21H26N2OS2/c24-21(15-26-18-9-8-16-5-3-6-17(16)13-18)22-14-19(20-7-4-12-25-20)23-10-1-2-11-23/h4,7-9,12-13,19H,1-3,5-6,10-11,14-15H2,(H,22,24). The number of hydrogen-bond donors (Lipinski definition) is 1. The van der Waals surface area contributed by atoms with Crippen LogP contribution in [0.25, 0.3) is 0 Å². The number of thioether (sulfide) groups is 1. The second-order valence-corrected chi connectivity index (χ2v) is 9.18. The van der Waals surface area contributed by atoms with Crippen LogP contribution in [-0.4, -0.2) is 36.2 Å². The first kappa shape index (κ1) is 18.1. The summed E-state index contributed by atoms with van der Waals surface area (Å²) >= 11 is 3.45. The number of carbonyl (C=O) groups is 1. The van der Waals surface area contributed by atoms with E-state index in [0.717, 1.165) is 13.1 Å². The molecule has 1 amide bonds. The van der Waals surface area contributed by atoms with E-state index >= 15 is 0 Å². The number of aryl methyl sites for hydroxylation is 2. The van der Waals surface area contributed by atoms with Gasteiger partial charge in [0, 0.05) is 16.3 Å². The fourth-order valence-corrected chi connectivity index (χ4v) is 5.64. The first-order valence-electron chi connectivity index (χ1n) is 9.58. The number of benzene rings is 1. The number of carbonyl (C=O) groups excluding carboxylic acids is 1. The lowest BCUT2D eigenvalue weighted by atomic mass is 10.1. The fourth-order valence-electron chi connectivity index (χ4n) is 3.99. The van der Waals surface area contributed by atoms with Gasteiger partial charge < -0.3 is 5.32 Å². The maximum atomic E-state index is 12.4. The van der Waals surface area contributed by atoms with E-state index in [2.05, 4.69) is 45.9 Å². The number of thiophene rings is 1. The highest BCUT2D eigenvalue weighted by Gasteiger charge is 2.24. The summed E-state index contributed by atoms with van der Waals surface area (Å²) in [5.41, 5.74) is 2.96. The fraction of sp³-hybridized carbons (Fsp3) is 0.476. The second kappa shape index (κ2) is 8.59. The van der Waals surface area contributed by atoms with Crippen LogP contribution >= 0.6 is 23.1 Å². The Balaban J connectivity index is 1.29. The second-order valence-electron chi connectivity index (χ2n) is 7.15. The number of likely N-dealkylation sites (tertiary alicyclic amines) is 1. The van der Waals surface area contributed by atoms with Crippen molar-refractivity contribution in [3.8, 4) is 0 Å². The van der Waals surface area contributed by atoms with Crippen molar-refractivity contribution >= 4 is 29.0 Å². The van der Waals surface area contributed by atoms with E-state index in [9.17, 15) is 4.79 Å². The Morgan fingerprint density at radius 3 is 2.81 bits per heavy atom. The molecule has 0 spiro atoms. The number of amides is 1. The van der Waals surface area contributed by atoms with Gasteiger partial charge in [0.2, 0.25) is 5.91 Å². The maximum Gasteiger partial charge on any atom is 0.230 e. The van der Waals surface area contributed by atoms with Crippen LogP contribution in [0.1, 0.15) is 41.3 Å². The predicted molar refractivity (Wildman–Crippen MR) is 110 cm³/mol. The van der Waals surface area contributed by atoms with Crippen LogP contribution in [0.3, 0.4) is 0 Å². The molecule has 2 heterocycles. The summed E-state index contributed by atoms with van der Waals surface area (Å²) in [6.45, 7) is 2.99. The lowest BCUT2D eigenvalue weighted by molar-refractivity contribution is -0.118. The molecule has 1 aromatic carbocycles. The molecule has 0 bridgehead atoms. The summed E-state index contributed by atoms with van der Waals surface area (Å²) < 4.78 is 0.